The first-order valence-electron chi connectivity index (χ1n) is 5.36. The highest BCUT2D eigenvalue weighted by Crippen LogP contribution is 2.26. The van der Waals surface area contributed by atoms with Crippen LogP contribution in [-0.2, 0) is 6.54 Å². The first kappa shape index (κ1) is 14.1. The smallest absolute Gasteiger partial charge is 0.263 e. The summed E-state index contributed by atoms with van der Waals surface area (Å²) in [6.07, 6.45) is 2.55. The van der Waals surface area contributed by atoms with Crippen molar-refractivity contribution < 1.29 is 22.0 Å². The lowest BCUT2D eigenvalue weighted by atomic mass is 10.1. The van der Waals surface area contributed by atoms with Gasteiger partial charge in [0.05, 0.1) is 11.8 Å². The first-order valence-corrected chi connectivity index (χ1v) is 5.36. The van der Waals surface area contributed by atoms with E-state index in [0.717, 1.165) is 12.4 Å². The molecule has 0 saturated heterocycles. The van der Waals surface area contributed by atoms with Gasteiger partial charge in [0, 0.05) is 17.3 Å². The van der Waals surface area contributed by atoms with Crippen LogP contribution in [0.3, 0.4) is 0 Å². The number of benzene rings is 1. The first-order chi connectivity index (χ1) is 9.31. The lowest BCUT2D eigenvalue weighted by Gasteiger charge is -2.05. The van der Waals surface area contributed by atoms with Crippen LogP contribution in [0.2, 0.25) is 0 Å². The molecule has 2 aromatic rings. The second-order valence-electron chi connectivity index (χ2n) is 3.97. The molecule has 0 amide bonds. The van der Waals surface area contributed by atoms with E-state index < -0.39 is 24.4 Å². The molecule has 2 nitrogen and oxygen atoms in total. The van der Waals surface area contributed by atoms with Crippen molar-refractivity contribution in [3.8, 4) is 23.5 Å². The molecule has 1 heterocycles. The standard InChI is InChI=1S/C13H7F5N2/c1-2-8-3-4-10(12(15)11(8)14)9-5-19-20(6-9)7-13(16,17)18/h1,3-6H,7H2. The summed E-state index contributed by atoms with van der Waals surface area (Å²) >= 11 is 0. The zero-order valence-corrected chi connectivity index (χ0v) is 9.88. The summed E-state index contributed by atoms with van der Waals surface area (Å²) < 4.78 is 64.4. The Labute approximate surface area is 110 Å². The van der Waals surface area contributed by atoms with Gasteiger partial charge in [0.25, 0.3) is 0 Å². The molecular weight excluding hydrogens is 279 g/mol. The van der Waals surface area contributed by atoms with Gasteiger partial charge in [-0.2, -0.15) is 18.3 Å². The van der Waals surface area contributed by atoms with Crippen LogP contribution in [-0.4, -0.2) is 16.0 Å². The zero-order chi connectivity index (χ0) is 14.9. The van der Waals surface area contributed by atoms with Gasteiger partial charge in [0.1, 0.15) is 6.54 Å². The fourth-order valence-electron chi connectivity index (χ4n) is 1.66. The summed E-state index contributed by atoms with van der Waals surface area (Å²) in [6.45, 7) is -1.31. The molecule has 0 aliphatic rings. The highest BCUT2D eigenvalue weighted by atomic mass is 19.4. The van der Waals surface area contributed by atoms with Crippen molar-refractivity contribution in [3.05, 3.63) is 41.7 Å². The number of aromatic nitrogens is 2. The van der Waals surface area contributed by atoms with E-state index >= 15 is 0 Å². The minimum Gasteiger partial charge on any atom is -0.263 e. The fraction of sp³-hybridized carbons (Fsp3) is 0.154. The molecule has 7 heteroatoms. The summed E-state index contributed by atoms with van der Waals surface area (Å²) in [5.41, 5.74) is -0.418. The minimum atomic E-state index is -4.44. The summed E-state index contributed by atoms with van der Waals surface area (Å²) in [7, 11) is 0. The lowest BCUT2D eigenvalue weighted by molar-refractivity contribution is -0.142. The topological polar surface area (TPSA) is 17.8 Å². The Kier molecular flexibility index (Phi) is 3.49. The average molecular weight is 286 g/mol. The molecule has 0 unspecified atom stereocenters. The number of rotatable bonds is 2. The second-order valence-corrected chi connectivity index (χ2v) is 3.97. The van der Waals surface area contributed by atoms with Gasteiger partial charge in [0.15, 0.2) is 11.6 Å². The number of alkyl halides is 3. The molecule has 0 fully saturated rings. The van der Waals surface area contributed by atoms with Crippen LogP contribution >= 0.6 is 0 Å². The molecule has 2 rings (SSSR count). The average Bonchev–Trinajstić information content (AvgIpc) is 2.78. The van der Waals surface area contributed by atoms with Crippen molar-refractivity contribution in [1.29, 1.82) is 0 Å². The van der Waals surface area contributed by atoms with Crippen molar-refractivity contribution in [2.24, 2.45) is 0 Å². The van der Waals surface area contributed by atoms with Crippen LogP contribution in [0.5, 0.6) is 0 Å². The summed E-state index contributed by atoms with van der Waals surface area (Å²) in [5.74, 6) is -0.464. The maximum atomic E-state index is 13.8. The van der Waals surface area contributed by atoms with Gasteiger partial charge >= 0.3 is 6.18 Å². The third-order valence-corrected chi connectivity index (χ3v) is 2.52. The van der Waals surface area contributed by atoms with Crippen LogP contribution in [0.1, 0.15) is 5.56 Å². The van der Waals surface area contributed by atoms with Crippen LogP contribution in [0.15, 0.2) is 24.5 Å². The number of terminal acetylenes is 1. The maximum absolute atomic E-state index is 13.8. The largest absolute Gasteiger partial charge is 0.408 e. The molecule has 0 bridgehead atoms. The molecule has 0 aliphatic carbocycles. The van der Waals surface area contributed by atoms with Gasteiger partial charge < -0.3 is 0 Å². The van der Waals surface area contributed by atoms with Gasteiger partial charge in [-0.25, -0.2) is 8.78 Å². The van der Waals surface area contributed by atoms with Crippen molar-refractivity contribution in [1.82, 2.24) is 9.78 Å². The maximum Gasteiger partial charge on any atom is 0.408 e. The monoisotopic (exact) mass is 286 g/mol. The lowest BCUT2D eigenvalue weighted by Crippen LogP contribution is -2.17. The van der Waals surface area contributed by atoms with Crippen molar-refractivity contribution in [2.75, 3.05) is 0 Å². The van der Waals surface area contributed by atoms with Crippen LogP contribution in [0.4, 0.5) is 22.0 Å². The Balaban J connectivity index is 2.39. The van der Waals surface area contributed by atoms with Crippen molar-refractivity contribution in [3.63, 3.8) is 0 Å². The van der Waals surface area contributed by atoms with E-state index in [1.54, 1.807) is 0 Å². The van der Waals surface area contributed by atoms with Gasteiger partial charge in [-0.05, 0) is 12.1 Å². The third kappa shape index (κ3) is 2.79. The number of hydrogen-bond acceptors (Lipinski definition) is 1. The minimum absolute atomic E-state index is 0.0363. The van der Waals surface area contributed by atoms with Gasteiger partial charge in [-0.3, -0.25) is 4.68 Å². The molecule has 0 spiro atoms. The van der Waals surface area contributed by atoms with E-state index in [-0.39, 0.29) is 16.7 Å². The molecule has 0 saturated carbocycles. The van der Waals surface area contributed by atoms with E-state index in [1.165, 1.54) is 12.1 Å². The molecule has 104 valence electrons. The van der Waals surface area contributed by atoms with Crippen LogP contribution < -0.4 is 0 Å². The molecule has 20 heavy (non-hydrogen) atoms. The zero-order valence-electron chi connectivity index (χ0n) is 9.88. The number of halogens is 5. The van der Waals surface area contributed by atoms with Gasteiger partial charge in [-0.1, -0.05) is 5.92 Å². The quantitative estimate of drug-likeness (QED) is 0.611. The highest BCUT2D eigenvalue weighted by Gasteiger charge is 2.28. The van der Waals surface area contributed by atoms with E-state index in [1.807, 2.05) is 5.92 Å². The van der Waals surface area contributed by atoms with Gasteiger partial charge in [0.2, 0.25) is 0 Å². The summed E-state index contributed by atoms with van der Waals surface area (Å²) in [4.78, 5) is 0. The Morgan fingerprint density at radius 1 is 1.20 bits per heavy atom. The van der Waals surface area contributed by atoms with Crippen molar-refractivity contribution in [2.45, 2.75) is 12.7 Å². The molecule has 0 N–H and O–H groups in total. The molecule has 1 aromatic heterocycles. The predicted octanol–water partition coefficient (Wildman–Crippen LogP) is 3.37. The van der Waals surface area contributed by atoms with Crippen LogP contribution in [0, 0.1) is 24.0 Å². The predicted molar refractivity (Wildman–Crippen MR) is 61.6 cm³/mol. The number of hydrogen-bond donors (Lipinski definition) is 0. The van der Waals surface area contributed by atoms with Crippen LogP contribution in [0.25, 0.3) is 11.1 Å². The summed E-state index contributed by atoms with van der Waals surface area (Å²) in [6, 6.07) is 2.37. The fourth-order valence-corrected chi connectivity index (χ4v) is 1.66. The highest BCUT2D eigenvalue weighted by molar-refractivity contribution is 5.64. The van der Waals surface area contributed by atoms with Crippen molar-refractivity contribution >= 4 is 0 Å². The second kappa shape index (κ2) is 4.96. The molecule has 0 aliphatic heterocycles. The molecule has 0 atom stereocenters. The van der Waals surface area contributed by atoms with E-state index in [2.05, 4.69) is 5.10 Å². The summed E-state index contributed by atoms with van der Waals surface area (Å²) in [5, 5.41) is 3.46. The third-order valence-electron chi connectivity index (χ3n) is 2.52. The Morgan fingerprint density at radius 3 is 2.50 bits per heavy atom. The Morgan fingerprint density at radius 2 is 1.90 bits per heavy atom. The van der Waals surface area contributed by atoms with Gasteiger partial charge in [-0.15, -0.1) is 6.42 Å². The molecule has 1 aromatic carbocycles. The Hall–Kier alpha value is -2.36. The normalized spacial score (nSPS) is 11.4. The van der Waals surface area contributed by atoms with E-state index in [9.17, 15) is 22.0 Å². The SMILES string of the molecule is C#Cc1ccc(-c2cnn(CC(F)(F)F)c2)c(F)c1F. The Bertz CT molecular complexity index is 679. The number of nitrogens with zero attached hydrogens (tertiary/aromatic N) is 2. The van der Waals surface area contributed by atoms with E-state index in [4.69, 9.17) is 6.42 Å². The van der Waals surface area contributed by atoms with E-state index in [0.29, 0.717) is 4.68 Å². The molecular formula is C13H7F5N2. The molecule has 0 radical (unpaired) electrons.